The molecule has 2 atom stereocenters. The number of carbonyl (C=O) groups excluding carboxylic acids is 1. The number of halogens is 4. The molecule has 0 unspecified atom stereocenters. The van der Waals surface area contributed by atoms with Crippen molar-refractivity contribution in [3.63, 3.8) is 0 Å². The summed E-state index contributed by atoms with van der Waals surface area (Å²) in [4.78, 5) is 13.8. The maximum Gasteiger partial charge on any atom is 0.419 e. The van der Waals surface area contributed by atoms with Crippen LogP contribution >= 0.6 is 0 Å². The predicted octanol–water partition coefficient (Wildman–Crippen LogP) is 2.28. The molecule has 2 aliphatic rings. The number of benzene rings is 1. The molecule has 1 amide bonds. The highest BCUT2D eigenvalue weighted by Gasteiger charge is 2.39. The van der Waals surface area contributed by atoms with Crippen LogP contribution in [0.2, 0.25) is 0 Å². The number of likely N-dealkylation sites (tertiary alicyclic amines) is 1. The highest BCUT2D eigenvalue weighted by molar-refractivity contribution is 5.94. The molecular weight excluding hydrogens is 288 g/mol. The van der Waals surface area contributed by atoms with Crippen LogP contribution in [0.25, 0.3) is 0 Å². The summed E-state index contributed by atoms with van der Waals surface area (Å²) in [6.07, 6.45) is -3.84. The third kappa shape index (κ3) is 2.62. The third-order valence-electron chi connectivity index (χ3n) is 4.17. The van der Waals surface area contributed by atoms with Crippen LogP contribution in [0, 0.1) is 11.7 Å². The SMILES string of the molecule is O=C(c1ccc(F)c(C(F)(F)F)c1)N1C[C@@H]2CCN[C@@H]2C1. The van der Waals surface area contributed by atoms with E-state index in [0.29, 0.717) is 31.1 Å². The summed E-state index contributed by atoms with van der Waals surface area (Å²) in [6, 6.07) is 2.62. The summed E-state index contributed by atoms with van der Waals surface area (Å²) in [7, 11) is 0. The van der Waals surface area contributed by atoms with E-state index in [-0.39, 0.29) is 11.6 Å². The summed E-state index contributed by atoms with van der Waals surface area (Å²) in [5, 5.41) is 3.27. The molecule has 7 heteroatoms. The van der Waals surface area contributed by atoms with Crippen molar-refractivity contribution in [1.82, 2.24) is 10.2 Å². The van der Waals surface area contributed by atoms with E-state index in [0.717, 1.165) is 19.0 Å². The van der Waals surface area contributed by atoms with Gasteiger partial charge in [0.2, 0.25) is 0 Å². The molecule has 2 fully saturated rings. The van der Waals surface area contributed by atoms with Gasteiger partial charge < -0.3 is 10.2 Å². The monoisotopic (exact) mass is 302 g/mol. The van der Waals surface area contributed by atoms with Gasteiger partial charge in [0.15, 0.2) is 0 Å². The van der Waals surface area contributed by atoms with Gasteiger partial charge in [-0.05, 0) is 37.1 Å². The predicted molar refractivity (Wildman–Crippen MR) is 67.2 cm³/mol. The standard InChI is InChI=1S/C14H14F4N2O/c15-11-2-1-8(5-10(11)14(16,17)18)13(21)20-6-9-3-4-19-12(9)7-20/h1-2,5,9,12,19H,3-4,6-7H2/t9-,12+/m0/s1. The van der Waals surface area contributed by atoms with Gasteiger partial charge in [-0.25, -0.2) is 4.39 Å². The van der Waals surface area contributed by atoms with Crippen LogP contribution in [0.4, 0.5) is 17.6 Å². The van der Waals surface area contributed by atoms with Crippen LogP contribution in [0.1, 0.15) is 22.3 Å². The Bertz CT molecular complexity index is 561. The molecule has 2 aliphatic heterocycles. The van der Waals surface area contributed by atoms with Gasteiger partial charge in [-0.2, -0.15) is 13.2 Å². The zero-order valence-corrected chi connectivity index (χ0v) is 11.1. The number of alkyl halides is 3. The fraction of sp³-hybridized carbons (Fsp3) is 0.500. The van der Waals surface area contributed by atoms with E-state index >= 15 is 0 Å². The van der Waals surface area contributed by atoms with Crippen LogP contribution in [-0.2, 0) is 6.18 Å². The molecular formula is C14H14F4N2O. The highest BCUT2D eigenvalue weighted by atomic mass is 19.4. The van der Waals surface area contributed by atoms with Gasteiger partial charge in [0.05, 0.1) is 5.56 Å². The minimum absolute atomic E-state index is 0.122. The Morgan fingerprint density at radius 3 is 2.71 bits per heavy atom. The average Bonchev–Trinajstić information content (AvgIpc) is 2.97. The first-order valence-electron chi connectivity index (χ1n) is 6.75. The molecule has 0 spiro atoms. The number of carbonyl (C=O) groups is 1. The molecule has 1 aromatic rings. The second-order valence-corrected chi connectivity index (χ2v) is 5.51. The maximum atomic E-state index is 13.2. The van der Waals surface area contributed by atoms with Crippen molar-refractivity contribution in [2.45, 2.75) is 18.6 Å². The topological polar surface area (TPSA) is 32.3 Å². The minimum Gasteiger partial charge on any atom is -0.337 e. The van der Waals surface area contributed by atoms with E-state index < -0.39 is 23.5 Å². The molecule has 2 heterocycles. The van der Waals surface area contributed by atoms with Crippen molar-refractivity contribution in [1.29, 1.82) is 0 Å². The maximum absolute atomic E-state index is 13.2. The number of rotatable bonds is 1. The smallest absolute Gasteiger partial charge is 0.337 e. The van der Waals surface area contributed by atoms with Crippen LogP contribution < -0.4 is 5.32 Å². The third-order valence-corrected chi connectivity index (χ3v) is 4.17. The zero-order valence-electron chi connectivity index (χ0n) is 11.1. The van der Waals surface area contributed by atoms with Gasteiger partial charge in [-0.3, -0.25) is 4.79 Å². The van der Waals surface area contributed by atoms with Crippen molar-refractivity contribution in [3.8, 4) is 0 Å². The highest BCUT2D eigenvalue weighted by Crippen LogP contribution is 2.33. The van der Waals surface area contributed by atoms with E-state index in [1.165, 1.54) is 4.90 Å². The summed E-state index contributed by atoms with van der Waals surface area (Å²) in [6.45, 7) is 1.93. The van der Waals surface area contributed by atoms with E-state index in [1.807, 2.05) is 0 Å². The van der Waals surface area contributed by atoms with Gasteiger partial charge in [0, 0.05) is 24.7 Å². The van der Waals surface area contributed by atoms with Gasteiger partial charge in [0.1, 0.15) is 5.82 Å². The Kier molecular flexibility index (Phi) is 3.39. The van der Waals surface area contributed by atoms with Crippen molar-refractivity contribution >= 4 is 5.91 Å². The van der Waals surface area contributed by atoms with Crippen molar-refractivity contribution < 1.29 is 22.4 Å². The summed E-state index contributed by atoms with van der Waals surface area (Å²) < 4.78 is 51.3. The van der Waals surface area contributed by atoms with Crippen molar-refractivity contribution in [3.05, 3.63) is 35.1 Å². The van der Waals surface area contributed by atoms with Crippen LogP contribution in [0.3, 0.4) is 0 Å². The summed E-state index contributed by atoms with van der Waals surface area (Å²) in [5.41, 5.74) is -1.52. The lowest BCUT2D eigenvalue weighted by atomic mass is 10.1. The molecule has 0 aromatic heterocycles. The second-order valence-electron chi connectivity index (χ2n) is 5.51. The quantitative estimate of drug-likeness (QED) is 0.807. The molecule has 21 heavy (non-hydrogen) atoms. The van der Waals surface area contributed by atoms with E-state index in [2.05, 4.69) is 5.32 Å². The van der Waals surface area contributed by atoms with E-state index in [1.54, 1.807) is 0 Å². The molecule has 1 N–H and O–H groups in total. The molecule has 0 radical (unpaired) electrons. The average molecular weight is 302 g/mol. The van der Waals surface area contributed by atoms with Gasteiger partial charge in [-0.15, -0.1) is 0 Å². The first-order valence-corrected chi connectivity index (χ1v) is 6.75. The lowest BCUT2D eigenvalue weighted by molar-refractivity contribution is -0.140. The van der Waals surface area contributed by atoms with Crippen molar-refractivity contribution in [2.75, 3.05) is 19.6 Å². The van der Waals surface area contributed by atoms with Crippen molar-refractivity contribution in [2.24, 2.45) is 5.92 Å². The van der Waals surface area contributed by atoms with Crippen LogP contribution in [0.5, 0.6) is 0 Å². The molecule has 3 nitrogen and oxygen atoms in total. The van der Waals surface area contributed by atoms with Crippen LogP contribution in [-0.4, -0.2) is 36.5 Å². The largest absolute Gasteiger partial charge is 0.419 e. The van der Waals surface area contributed by atoms with Gasteiger partial charge in [-0.1, -0.05) is 0 Å². The molecule has 2 saturated heterocycles. The fourth-order valence-electron chi connectivity index (χ4n) is 3.07. The molecule has 0 aliphatic carbocycles. The van der Waals surface area contributed by atoms with E-state index in [9.17, 15) is 22.4 Å². The molecule has 0 bridgehead atoms. The zero-order chi connectivity index (χ0) is 15.2. The fourth-order valence-corrected chi connectivity index (χ4v) is 3.07. The van der Waals surface area contributed by atoms with Gasteiger partial charge in [0.25, 0.3) is 5.91 Å². The Morgan fingerprint density at radius 1 is 1.29 bits per heavy atom. The Labute approximate surface area is 118 Å². The number of fused-ring (bicyclic) bond motifs is 1. The number of hydrogen-bond acceptors (Lipinski definition) is 2. The summed E-state index contributed by atoms with van der Waals surface area (Å²) in [5.74, 6) is -1.48. The summed E-state index contributed by atoms with van der Waals surface area (Å²) >= 11 is 0. The number of nitrogens with zero attached hydrogens (tertiary/aromatic N) is 1. The lowest BCUT2D eigenvalue weighted by Gasteiger charge is -2.18. The number of amides is 1. The second kappa shape index (κ2) is 4.98. The molecule has 0 saturated carbocycles. The molecule has 114 valence electrons. The first-order chi connectivity index (χ1) is 9.86. The Morgan fingerprint density at radius 2 is 2.05 bits per heavy atom. The normalized spacial score (nSPS) is 25.2. The molecule has 3 rings (SSSR count). The lowest BCUT2D eigenvalue weighted by Crippen LogP contribution is -2.34. The first kappa shape index (κ1) is 14.3. The Balaban J connectivity index is 1.82. The Hall–Kier alpha value is -1.63. The minimum atomic E-state index is -4.80. The number of nitrogens with one attached hydrogen (secondary N) is 1. The number of hydrogen-bond donors (Lipinski definition) is 1. The molecule has 1 aromatic carbocycles. The van der Waals surface area contributed by atoms with Gasteiger partial charge >= 0.3 is 6.18 Å². The van der Waals surface area contributed by atoms with Crippen LogP contribution in [0.15, 0.2) is 18.2 Å². The van der Waals surface area contributed by atoms with E-state index in [4.69, 9.17) is 0 Å².